The summed E-state index contributed by atoms with van der Waals surface area (Å²) in [4.78, 5) is 12.6. The van der Waals surface area contributed by atoms with Gasteiger partial charge in [0.15, 0.2) is 5.69 Å². The average Bonchev–Trinajstić information content (AvgIpc) is 3.16. The van der Waals surface area contributed by atoms with Crippen molar-refractivity contribution in [3.05, 3.63) is 76.9 Å². The SMILES string of the molecule is CCOc1cccc(CNC(=O)c2nnn3c2COC(c2ccc(F)cc2)C3)c1. The Hall–Kier alpha value is -3.26. The van der Waals surface area contributed by atoms with E-state index in [1.807, 2.05) is 31.2 Å². The Morgan fingerprint density at radius 3 is 2.93 bits per heavy atom. The van der Waals surface area contributed by atoms with Gasteiger partial charge >= 0.3 is 0 Å². The lowest BCUT2D eigenvalue weighted by Crippen LogP contribution is -2.27. The number of amides is 1. The van der Waals surface area contributed by atoms with Gasteiger partial charge in [-0.05, 0) is 42.3 Å². The molecule has 2 heterocycles. The molecule has 1 aromatic heterocycles. The van der Waals surface area contributed by atoms with E-state index in [4.69, 9.17) is 9.47 Å². The smallest absolute Gasteiger partial charge is 0.274 e. The number of nitrogens with zero attached hydrogens (tertiary/aromatic N) is 3. The van der Waals surface area contributed by atoms with Gasteiger partial charge in [-0.25, -0.2) is 9.07 Å². The van der Waals surface area contributed by atoms with Crippen LogP contribution in [-0.2, 0) is 24.4 Å². The zero-order chi connectivity index (χ0) is 20.2. The molecule has 0 saturated heterocycles. The molecule has 1 atom stereocenters. The van der Waals surface area contributed by atoms with Crippen molar-refractivity contribution >= 4 is 5.91 Å². The van der Waals surface area contributed by atoms with Gasteiger partial charge in [0, 0.05) is 6.54 Å². The molecule has 4 rings (SSSR count). The number of benzene rings is 2. The number of hydrogen-bond acceptors (Lipinski definition) is 5. The molecule has 1 aliphatic heterocycles. The molecule has 0 bridgehead atoms. The van der Waals surface area contributed by atoms with E-state index < -0.39 is 0 Å². The number of ether oxygens (including phenoxy) is 2. The molecule has 2 aromatic carbocycles. The monoisotopic (exact) mass is 396 g/mol. The van der Waals surface area contributed by atoms with Gasteiger partial charge in [-0.2, -0.15) is 0 Å². The van der Waals surface area contributed by atoms with Crippen LogP contribution in [0.3, 0.4) is 0 Å². The molecule has 0 fully saturated rings. The summed E-state index contributed by atoms with van der Waals surface area (Å²) in [5.74, 6) is 0.161. The van der Waals surface area contributed by atoms with Gasteiger partial charge < -0.3 is 14.8 Å². The molecule has 0 aliphatic carbocycles. The van der Waals surface area contributed by atoms with Crippen LogP contribution >= 0.6 is 0 Å². The highest BCUT2D eigenvalue weighted by atomic mass is 19.1. The Balaban J connectivity index is 1.41. The zero-order valence-corrected chi connectivity index (χ0v) is 16.0. The van der Waals surface area contributed by atoms with Crippen LogP contribution in [0.25, 0.3) is 0 Å². The summed E-state index contributed by atoms with van der Waals surface area (Å²) < 4.78 is 26.1. The third kappa shape index (κ3) is 4.27. The summed E-state index contributed by atoms with van der Waals surface area (Å²) in [5, 5.41) is 11.0. The molecular weight excluding hydrogens is 375 g/mol. The summed E-state index contributed by atoms with van der Waals surface area (Å²) >= 11 is 0. The van der Waals surface area contributed by atoms with Crippen LogP contribution in [0, 0.1) is 5.82 Å². The summed E-state index contributed by atoms with van der Waals surface area (Å²) in [7, 11) is 0. The fraction of sp³-hybridized carbons (Fsp3) is 0.286. The Kier molecular flexibility index (Phi) is 5.53. The molecule has 0 radical (unpaired) electrons. The van der Waals surface area contributed by atoms with E-state index in [2.05, 4.69) is 15.6 Å². The Labute approximate surface area is 167 Å². The van der Waals surface area contributed by atoms with E-state index in [0.29, 0.717) is 25.4 Å². The minimum Gasteiger partial charge on any atom is -0.494 e. The second kappa shape index (κ2) is 8.40. The van der Waals surface area contributed by atoms with Crippen LogP contribution < -0.4 is 10.1 Å². The van der Waals surface area contributed by atoms with Crippen LogP contribution in [0.1, 0.15) is 40.3 Å². The van der Waals surface area contributed by atoms with Gasteiger partial charge in [-0.3, -0.25) is 4.79 Å². The Morgan fingerprint density at radius 1 is 1.31 bits per heavy atom. The molecule has 0 spiro atoms. The molecule has 1 N–H and O–H groups in total. The number of hydrogen-bond donors (Lipinski definition) is 1. The van der Waals surface area contributed by atoms with Crippen molar-refractivity contribution in [3.63, 3.8) is 0 Å². The molecule has 8 heteroatoms. The molecule has 1 amide bonds. The van der Waals surface area contributed by atoms with Crippen molar-refractivity contribution in [2.75, 3.05) is 6.61 Å². The van der Waals surface area contributed by atoms with Gasteiger partial charge in [-0.1, -0.05) is 29.5 Å². The van der Waals surface area contributed by atoms with Crippen LogP contribution in [0.15, 0.2) is 48.5 Å². The number of nitrogens with one attached hydrogen (secondary N) is 1. The first-order valence-electron chi connectivity index (χ1n) is 9.43. The molecule has 1 unspecified atom stereocenters. The van der Waals surface area contributed by atoms with E-state index in [-0.39, 0.29) is 30.1 Å². The number of halogens is 1. The second-order valence-electron chi connectivity index (χ2n) is 6.68. The molecule has 1 aliphatic rings. The van der Waals surface area contributed by atoms with E-state index >= 15 is 0 Å². The molecule has 3 aromatic rings. The van der Waals surface area contributed by atoms with Crippen molar-refractivity contribution in [3.8, 4) is 5.75 Å². The molecule has 0 saturated carbocycles. The standard InChI is InChI=1S/C21H21FN4O3/c1-2-28-17-5-3-4-14(10-17)11-23-21(27)20-18-13-29-19(12-26(18)25-24-20)15-6-8-16(22)9-7-15/h3-10,19H,2,11-13H2,1H3,(H,23,27). The number of carbonyl (C=O) groups excluding carboxylic acids is 1. The normalized spacial score (nSPS) is 15.6. The number of aromatic nitrogens is 3. The maximum absolute atomic E-state index is 13.1. The largest absolute Gasteiger partial charge is 0.494 e. The predicted molar refractivity (Wildman–Crippen MR) is 103 cm³/mol. The fourth-order valence-corrected chi connectivity index (χ4v) is 3.25. The molecule has 7 nitrogen and oxygen atoms in total. The topological polar surface area (TPSA) is 78.3 Å². The van der Waals surface area contributed by atoms with Gasteiger partial charge in [-0.15, -0.1) is 5.10 Å². The predicted octanol–water partition coefficient (Wildman–Crippen LogP) is 3.02. The van der Waals surface area contributed by atoms with Gasteiger partial charge in [0.25, 0.3) is 5.91 Å². The highest BCUT2D eigenvalue weighted by Crippen LogP contribution is 2.27. The summed E-state index contributed by atoms with van der Waals surface area (Å²) in [6.07, 6.45) is -0.262. The number of rotatable bonds is 6. The van der Waals surface area contributed by atoms with Crippen LogP contribution in [-0.4, -0.2) is 27.5 Å². The molecule has 29 heavy (non-hydrogen) atoms. The van der Waals surface area contributed by atoms with Crippen molar-refractivity contribution in [1.82, 2.24) is 20.3 Å². The first-order valence-corrected chi connectivity index (χ1v) is 9.43. The highest BCUT2D eigenvalue weighted by molar-refractivity contribution is 5.93. The first kappa shape index (κ1) is 19.1. The number of fused-ring (bicyclic) bond motifs is 1. The number of carbonyl (C=O) groups is 1. The van der Waals surface area contributed by atoms with E-state index in [1.54, 1.807) is 16.8 Å². The second-order valence-corrected chi connectivity index (χ2v) is 6.68. The quantitative estimate of drug-likeness (QED) is 0.693. The van der Waals surface area contributed by atoms with Gasteiger partial charge in [0.1, 0.15) is 17.7 Å². The maximum Gasteiger partial charge on any atom is 0.274 e. The summed E-state index contributed by atoms with van der Waals surface area (Å²) in [6.45, 7) is 3.48. The van der Waals surface area contributed by atoms with Crippen molar-refractivity contribution < 1.29 is 18.7 Å². The first-order chi connectivity index (χ1) is 14.1. The third-order valence-electron chi connectivity index (χ3n) is 4.72. The highest BCUT2D eigenvalue weighted by Gasteiger charge is 2.27. The van der Waals surface area contributed by atoms with E-state index in [0.717, 1.165) is 16.9 Å². The lowest BCUT2D eigenvalue weighted by molar-refractivity contribution is -0.00180. The fourth-order valence-electron chi connectivity index (χ4n) is 3.25. The van der Waals surface area contributed by atoms with Crippen LogP contribution in [0.2, 0.25) is 0 Å². The van der Waals surface area contributed by atoms with Gasteiger partial charge in [0.05, 0.1) is 25.5 Å². The average molecular weight is 396 g/mol. The van der Waals surface area contributed by atoms with Crippen molar-refractivity contribution in [2.45, 2.75) is 32.7 Å². The van der Waals surface area contributed by atoms with Crippen LogP contribution in [0.5, 0.6) is 5.75 Å². The van der Waals surface area contributed by atoms with Crippen molar-refractivity contribution in [1.29, 1.82) is 0 Å². The Morgan fingerprint density at radius 2 is 2.14 bits per heavy atom. The zero-order valence-electron chi connectivity index (χ0n) is 16.0. The van der Waals surface area contributed by atoms with Crippen molar-refractivity contribution in [2.24, 2.45) is 0 Å². The van der Waals surface area contributed by atoms with Gasteiger partial charge in [0.2, 0.25) is 0 Å². The molecular formula is C21H21FN4O3. The summed E-state index contributed by atoms with van der Waals surface area (Å²) in [5.41, 5.74) is 2.66. The van der Waals surface area contributed by atoms with E-state index in [9.17, 15) is 9.18 Å². The van der Waals surface area contributed by atoms with Crippen LogP contribution in [0.4, 0.5) is 4.39 Å². The minimum atomic E-state index is -0.308. The molecule has 150 valence electrons. The summed E-state index contributed by atoms with van der Waals surface area (Å²) in [6, 6.07) is 13.7. The minimum absolute atomic E-state index is 0.206. The maximum atomic E-state index is 13.1. The third-order valence-corrected chi connectivity index (χ3v) is 4.72. The lowest BCUT2D eigenvalue weighted by atomic mass is 10.1. The van der Waals surface area contributed by atoms with E-state index in [1.165, 1.54) is 12.1 Å². The Bertz CT molecular complexity index is 1000. The lowest BCUT2D eigenvalue weighted by Gasteiger charge is -2.24.